The Morgan fingerprint density at radius 1 is 0.375 bits per heavy atom. The largest absolute Gasteiger partial charge is 2.00 e. The summed E-state index contributed by atoms with van der Waals surface area (Å²) in [5.41, 5.74) is 4.62. The molecular weight excluding hydrogens is 1050 g/mol. The fourth-order valence-electron chi connectivity index (χ4n) is 6.54. The van der Waals surface area contributed by atoms with Crippen LogP contribution in [0.3, 0.4) is 0 Å². The van der Waals surface area contributed by atoms with Crippen molar-refractivity contribution in [3.63, 3.8) is 0 Å². The van der Waals surface area contributed by atoms with Gasteiger partial charge in [0.05, 0.1) is 91.8 Å². The third kappa shape index (κ3) is 13.6. The molecule has 380 valence electrons. The number of nitrogens with one attached hydrogen (secondary N) is 2. The van der Waals surface area contributed by atoms with Crippen LogP contribution in [0.25, 0.3) is 65.7 Å². The summed E-state index contributed by atoms with van der Waals surface area (Å²) in [6.07, 6.45) is 10.6. The summed E-state index contributed by atoms with van der Waals surface area (Å²) in [5, 5.41) is 63.1. The molecule has 0 fully saturated rings. The number of carbonyl (C=O) groups is 6. The Hall–Kier alpha value is -8.97. The molecule has 6 aromatic heterocycles. The van der Waals surface area contributed by atoms with Gasteiger partial charge in [-0.2, -0.15) is 0 Å². The van der Waals surface area contributed by atoms with Crippen LogP contribution in [-0.2, 0) is 54.9 Å². The van der Waals surface area contributed by atoms with Gasteiger partial charge in [0.15, 0.2) is 0 Å². The fourth-order valence-corrected chi connectivity index (χ4v) is 6.54. The minimum absolute atomic E-state index is 0. The number of aromatic carboxylic acids is 6. The van der Waals surface area contributed by atoms with Gasteiger partial charge in [-0.05, 0) is 107 Å². The Morgan fingerprint density at radius 3 is 0.861 bits per heavy atom. The van der Waals surface area contributed by atoms with Gasteiger partial charge in [-0.25, -0.2) is 19.6 Å². The van der Waals surface area contributed by atoms with Crippen molar-refractivity contribution in [2.24, 2.45) is 0 Å². The third-order valence-corrected chi connectivity index (χ3v) is 9.31. The van der Waals surface area contributed by atoms with E-state index in [1.165, 1.54) is 0 Å². The molecule has 0 radical (unpaired) electrons. The van der Waals surface area contributed by atoms with Crippen LogP contribution >= 0.6 is 0 Å². The molecule has 0 bridgehead atoms. The zero-order valence-corrected chi connectivity index (χ0v) is 38.1. The molecule has 26 nitrogen and oxygen atoms in total. The summed E-state index contributed by atoms with van der Waals surface area (Å²) in [6, 6.07) is 20.6. The van der Waals surface area contributed by atoms with Crippen molar-refractivity contribution < 1.29 is 125 Å². The van der Waals surface area contributed by atoms with Crippen molar-refractivity contribution in [3.8, 4) is 0 Å². The molecule has 4 aromatic carbocycles. The second-order valence-corrected chi connectivity index (χ2v) is 13.2. The molecule has 72 heavy (non-hydrogen) atoms. The smallest absolute Gasteiger partial charge is 0.545 e. The van der Waals surface area contributed by atoms with E-state index in [1.807, 2.05) is 48.5 Å². The predicted molar refractivity (Wildman–Crippen MR) is 244 cm³/mol. The maximum absolute atomic E-state index is 10.5. The maximum Gasteiger partial charge on any atom is 2.00 e. The summed E-state index contributed by atoms with van der Waals surface area (Å²) >= 11 is 0. The molecule has 0 aliphatic heterocycles. The van der Waals surface area contributed by atoms with Gasteiger partial charge in [0.1, 0.15) is 0 Å². The van der Waals surface area contributed by atoms with E-state index in [0.717, 1.165) is 102 Å². The number of aromatic amines is 2. The SMILES string of the molecule is O.O.O=C([O-])c1cc(C(=O)[O-])cc(C(=O)O)c1.O=C([O-])c1cc(C(=O)[O-])cc(C(=O)O)c1.[Ni+2].[Ni+2].[OH3+].[OH3+].[OH3+].[OH3+].c1cnc2c(c1)c1nc[nH]c1c1cccnc12.c1cnc2c(c1)c1nc[nH]c1c1cccnc12. The van der Waals surface area contributed by atoms with Crippen LogP contribution in [0.15, 0.2) is 122 Å². The molecule has 10 rings (SSSR count). The standard InChI is InChI=1S/2C13H8N4.2C9H6O6.2Ni.6H2O/c2*1-3-8-10(14-5-1)11-9(4-2-6-15-11)13-12(8)16-7-17-13;2*10-7(11)4-1-5(8(12)13)3-6(2-4)9(14)15;;;;;;;;/h2*1-7H,(H,16,17);2*1-3H,(H,10,11)(H,12,13)(H,14,15);;;6*1H2/q;;;;2*+2;;;;;;. The number of pyridine rings is 4. The number of benzene rings is 4. The first-order valence-electron chi connectivity index (χ1n) is 18.2. The quantitative estimate of drug-likeness (QED) is 0.0705. The van der Waals surface area contributed by atoms with Crippen LogP contribution in [0.1, 0.15) is 62.1 Å². The van der Waals surface area contributed by atoms with Crippen LogP contribution in [-0.4, -0.2) is 96.9 Å². The number of carbonyl (C=O) groups excluding carboxylic acids is 4. The van der Waals surface area contributed by atoms with Crippen molar-refractivity contribution >= 4 is 101 Å². The molecule has 0 aliphatic carbocycles. The molecule has 0 amide bonds. The number of hydrogen-bond acceptors (Lipinski definition) is 16. The summed E-state index contributed by atoms with van der Waals surface area (Å²) in [6.45, 7) is 0. The molecule has 0 atom stereocenters. The molecule has 20 N–H and O–H groups in total. The van der Waals surface area contributed by atoms with Crippen LogP contribution < -0.4 is 20.4 Å². The summed E-state index contributed by atoms with van der Waals surface area (Å²) in [4.78, 5) is 95.6. The topological polar surface area (TPSA) is 539 Å². The molecule has 0 aliphatic rings. The molecule has 28 heteroatoms. The third-order valence-electron chi connectivity index (χ3n) is 9.31. The number of H-pyrrole nitrogens is 2. The van der Waals surface area contributed by atoms with Gasteiger partial charge in [0.2, 0.25) is 0 Å². The minimum atomic E-state index is -1.65. The number of imidazole rings is 2. The first-order chi connectivity index (χ1) is 30.7. The number of hydrogen-bond donors (Lipinski definition) is 4. The summed E-state index contributed by atoms with van der Waals surface area (Å²) in [5.74, 6) is -9.47. The number of rotatable bonds is 6. The Labute approximate surface area is 420 Å². The van der Waals surface area contributed by atoms with Crippen LogP contribution in [0.2, 0.25) is 0 Å². The van der Waals surface area contributed by atoms with Gasteiger partial charge >= 0.3 is 44.9 Å². The van der Waals surface area contributed by atoms with Crippen molar-refractivity contribution in [3.05, 3.63) is 156 Å². The van der Waals surface area contributed by atoms with Crippen molar-refractivity contribution in [2.45, 2.75) is 0 Å². The van der Waals surface area contributed by atoms with E-state index >= 15 is 0 Å². The Morgan fingerprint density at radius 2 is 0.611 bits per heavy atom. The van der Waals surface area contributed by atoms with Crippen molar-refractivity contribution in [1.29, 1.82) is 0 Å². The zero-order chi connectivity index (χ0) is 45.7. The fraction of sp³-hybridized carbons (Fsp3) is 0. The van der Waals surface area contributed by atoms with Crippen LogP contribution in [0, 0.1) is 0 Å². The number of aromatic nitrogens is 8. The van der Waals surface area contributed by atoms with E-state index < -0.39 is 69.2 Å². The Kier molecular flexibility index (Phi) is 25.2. The Bertz CT molecular complexity index is 3010. The normalized spacial score (nSPS) is 9.44. The van der Waals surface area contributed by atoms with Gasteiger partial charge in [0, 0.05) is 46.3 Å². The van der Waals surface area contributed by atoms with E-state index in [4.69, 9.17) is 10.2 Å². The van der Waals surface area contributed by atoms with E-state index in [9.17, 15) is 49.2 Å². The van der Waals surface area contributed by atoms with Crippen LogP contribution in [0.4, 0.5) is 0 Å². The predicted octanol–water partition coefficient (Wildman–Crippen LogP) is -3.80. The number of fused-ring (bicyclic) bond motifs is 12. The number of nitrogens with zero attached hydrogens (tertiary/aromatic N) is 6. The molecule has 0 spiro atoms. The molecular formula is C44H40N8Ni2O18+4. The molecule has 6 heterocycles. The second-order valence-electron chi connectivity index (χ2n) is 13.2. The summed E-state index contributed by atoms with van der Waals surface area (Å²) < 4.78 is 0. The number of carboxylic acid groups (broad SMARTS) is 6. The monoisotopic (exact) mass is 1080 g/mol. The molecule has 0 unspecified atom stereocenters. The average molecular weight is 1090 g/mol. The Balaban J connectivity index is 0. The maximum atomic E-state index is 10.5. The zero-order valence-electron chi connectivity index (χ0n) is 36.1. The van der Waals surface area contributed by atoms with Gasteiger partial charge in [-0.3, -0.25) is 19.9 Å². The molecule has 0 saturated carbocycles. The summed E-state index contributed by atoms with van der Waals surface area (Å²) in [7, 11) is 0. The van der Waals surface area contributed by atoms with Crippen LogP contribution in [0.5, 0.6) is 0 Å². The average Bonchev–Trinajstić information content (AvgIpc) is 4.02. The molecule has 0 saturated heterocycles. The van der Waals surface area contributed by atoms with Gasteiger partial charge in [0.25, 0.3) is 0 Å². The minimum Gasteiger partial charge on any atom is -0.545 e. The van der Waals surface area contributed by atoms with Crippen molar-refractivity contribution in [2.75, 3.05) is 0 Å². The van der Waals surface area contributed by atoms with E-state index in [1.54, 1.807) is 37.4 Å². The number of carboxylic acids is 6. The van der Waals surface area contributed by atoms with Gasteiger partial charge in [-0.1, -0.05) is 0 Å². The van der Waals surface area contributed by atoms with E-state index in [0.29, 0.717) is 0 Å². The van der Waals surface area contributed by atoms with Gasteiger partial charge < -0.3 is 92.6 Å². The van der Waals surface area contributed by atoms with Gasteiger partial charge in [-0.15, -0.1) is 0 Å². The molecule has 10 aromatic rings. The van der Waals surface area contributed by atoms with E-state index in [2.05, 4.69) is 39.9 Å². The van der Waals surface area contributed by atoms with E-state index in [-0.39, 0.29) is 65.8 Å². The first-order valence-corrected chi connectivity index (χ1v) is 18.2. The first kappa shape index (κ1) is 65.1. The second kappa shape index (κ2) is 27.9. The van der Waals surface area contributed by atoms with Crippen molar-refractivity contribution in [1.82, 2.24) is 39.9 Å².